The molecular weight excluding hydrogens is 329 g/mol. The Morgan fingerprint density at radius 2 is 1.55 bits per heavy atom. The first kappa shape index (κ1) is 14.9. The van der Waals surface area contributed by atoms with Gasteiger partial charge in [-0.25, -0.2) is 0 Å². The van der Waals surface area contributed by atoms with Gasteiger partial charge in [-0.2, -0.15) is 13.2 Å². The molecule has 0 saturated heterocycles. The average Bonchev–Trinajstić information content (AvgIpc) is 2.45. The minimum absolute atomic E-state index is 0.629. The molecule has 0 fully saturated rings. The van der Waals surface area contributed by atoms with Gasteiger partial charge in [-0.1, -0.05) is 64.5 Å². The zero-order valence-electron chi connectivity index (χ0n) is 10.5. The van der Waals surface area contributed by atoms with Crippen LogP contribution in [0.2, 0.25) is 0 Å². The third-order valence-electron chi connectivity index (χ3n) is 2.81. The third kappa shape index (κ3) is 3.97. The zero-order valence-corrected chi connectivity index (χ0v) is 12.1. The van der Waals surface area contributed by atoms with Crippen LogP contribution in [0.1, 0.15) is 22.3 Å². The van der Waals surface area contributed by atoms with Crippen molar-refractivity contribution in [3.63, 3.8) is 0 Å². The summed E-state index contributed by atoms with van der Waals surface area (Å²) in [6, 6.07) is 13.0. The molecule has 2 aromatic carbocycles. The van der Waals surface area contributed by atoms with Crippen molar-refractivity contribution in [2.24, 2.45) is 0 Å². The highest BCUT2D eigenvalue weighted by Gasteiger charge is 2.29. The predicted octanol–water partition coefficient (Wildman–Crippen LogP) is 5.77. The van der Waals surface area contributed by atoms with Crippen molar-refractivity contribution < 1.29 is 13.2 Å². The van der Waals surface area contributed by atoms with Crippen molar-refractivity contribution in [3.05, 3.63) is 70.8 Å². The molecule has 2 rings (SSSR count). The van der Waals surface area contributed by atoms with E-state index in [4.69, 9.17) is 0 Å². The van der Waals surface area contributed by atoms with E-state index in [2.05, 4.69) is 15.9 Å². The second kappa shape index (κ2) is 6.27. The Morgan fingerprint density at radius 1 is 0.900 bits per heavy atom. The Morgan fingerprint density at radius 3 is 2.15 bits per heavy atom. The number of alkyl halides is 4. The summed E-state index contributed by atoms with van der Waals surface area (Å²) in [6.45, 7) is 0. The molecule has 0 spiro atoms. The molecular formula is C16H12BrF3. The standard InChI is InChI=1S/C16H12BrF3/c17-11-14-3-1-2-13(10-14)5-4-12-6-8-15(9-7-12)16(18,19)20/h1-10H,11H2. The minimum atomic E-state index is -4.29. The highest BCUT2D eigenvalue weighted by Crippen LogP contribution is 2.29. The molecule has 104 valence electrons. The monoisotopic (exact) mass is 340 g/mol. The molecule has 0 atom stereocenters. The fourth-order valence-electron chi connectivity index (χ4n) is 1.76. The van der Waals surface area contributed by atoms with Gasteiger partial charge in [0.25, 0.3) is 0 Å². The lowest BCUT2D eigenvalue weighted by molar-refractivity contribution is -0.137. The van der Waals surface area contributed by atoms with E-state index in [1.165, 1.54) is 12.1 Å². The number of rotatable bonds is 3. The van der Waals surface area contributed by atoms with E-state index in [-0.39, 0.29) is 0 Å². The van der Waals surface area contributed by atoms with Gasteiger partial charge in [-0.3, -0.25) is 0 Å². The molecule has 0 bridgehead atoms. The maximum absolute atomic E-state index is 12.4. The first-order valence-electron chi connectivity index (χ1n) is 5.99. The normalized spacial score (nSPS) is 12.0. The highest BCUT2D eigenvalue weighted by atomic mass is 79.9. The van der Waals surface area contributed by atoms with E-state index in [9.17, 15) is 13.2 Å². The number of halogens is 4. The molecule has 0 aliphatic heterocycles. The van der Waals surface area contributed by atoms with Gasteiger partial charge in [0.2, 0.25) is 0 Å². The van der Waals surface area contributed by atoms with Gasteiger partial charge >= 0.3 is 6.18 Å². The second-order valence-electron chi connectivity index (χ2n) is 4.33. The van der Waals surface area contributed by atoms with E-state index in [0.29, 0.717) is 0 Å². The third-order valence-corrected chi connectivity index (χ3v) is 3.46. The van der Waals surface area contributed by atoms with Gasteiger partial charge in [0, 0.05) is 5.33 Å². The van der Waals surface area contributed by atoms with Gasteiger partial charge in [0.05, 0.1) is 5.56 Å². The first-order valence-corrected chi connectivity index (χ1v) is 7.11. The van der Waals surface area contributed by atoms with Crippen LogP contribution >= 0.6 is 15.9 Å². The Hall–Kier alpha value is -1.55. The topological polar surface area (TPSA) is 0 Å². The lowest BCUT2D eigenvalue weighted by Gasteiger charge is -2.05. The van der Waals surface area contributed by atoms with Crippen LogP contribution < -0.4 is 0 Å². The van der Waals surface area contributed by atoms with Gasteiger partial charge in [-0.05, 0) is 28.8 Å². The van der Waals surface area contributed by atoms with E-state index in [1.807, 2.05) is 30.3 Å². The molecule has 0 amide bonds. The lowest BCUT2D eigenvalue weighted by atomic mass is 10.1. The Bertz CT molecular complexity index is 598. The SMILES string of the molecule is FC(F)(F)c1ccc(C=Cc2cccc(CBr)c2)cc1. The van der Waals surface area contributed by atoms with Crippen molar-refractivity contribution in [2.45, 2.75) is 11.5 Å². The molecule has 0 saturated carbocycles. The van der Waals surface area contributed by atoms with E-state index in [0.717, 1.165) is 34.2 Å². The molecule has 2 aromatic rings. The van der Waals surface area contributed by atoms with Crippen molar-refractivity contribution in [2.75, 3.05) is 0 Å². The van der Waals surface area contributed by atoms with Crippen molar-refractivity contribution in [1.29, 1.82) is 0 Å². The Kier molecular flexibility index (Phi) is 4.65. The van der Waals surface area contributed by atoms with Crippen LogP contribution in [0.15, 0.2) is 48.5 Å². The van der Waals surface area contributed by atoms with Crippen LogP contribution in [0.3, 0.4) is 0 Å². The van der Waals surface area contributed by atoms with Crippen LogP contribution in [0.25, 0.3) is 12.2 Å². The molecule has 0 radical (unpaired) electrons. The maximum atomic E-state index is 12.4. The van der Waals surface area contributed by atoms with Crippen LogP contribution in [-0.2, 0) is 11.5 Å². The summed E-state index contributed by atoms with van der Waals surface area (Å²) in [6.07, 6.45) is -0.602. The van der Waals surface area contributed by atoms with E-state index >= 15 is 0 Å². The van der Waals surface area contributed by atoms with Crippen LogP contribution in [0.5, 0.6) is 0 Å². The molecule has 0 aliphatic rings. The highest BCUT2D eigenvalue weighted by molar-refractivity contribution is 9.08. The van der Waals surface area contributed by atoms with Crippen LogP contribution in [0, 0.1) is 0 Å². The summed E-state index contributed by atoms with van der Waals surface area (Å²) in [5.41, 5.74) is 2.28. The van der Waals surface area contributed by atoms with Crippen LogP contribution in [-0.4, -0.2) is 0 Å². The quantitative estimate of drug-likeness (QED) is 0.491. The summed E-state index contributed by atoms with van der Waals surface area (Å²) in [7, 11) is 0. The molecule has 0 nitrogen and oxygen atoms in total. The van der Waals surface area contributed by atoms with Crippen molar-refractivity contribution in [1.82, 2.24) is 0 Å². The number of hydrogen-bond donors (Lipinski definition) is 0. The molecule has 0 aliphatic carbocycles. The van der Waals surface area contributed by atoms with E-state index < -0.39 is 11.7 Å². The molecule has 0 heterocycles. The van der Waals surface area contributed by atoms with Gasteiger partial charge in [0.1, 0.15) is 0 Å². The molecule has 20 heavy (non-hydrogen) atoms. The fourth-order valence-corrected chi connectivity index (χ4v) is 2.10. The van der Waals surface area contributed by atoms with Gasteiger partial charge in [-0.15, -0.1) is 0 Å². The molecule has 0 N–H and O–H groups in total. The maximum Gasteiger partial charge on any atom is 0.416 e. The molecule has 0 aromatic heterocycles. The molecule has 4 heteroatoms. The molecule has 0 unspecified atom stereocenters. The minimum Gasteiger partial charge on any atom is -0.166 e. The van der Waals surface area contributed by atoms with Crippen molar-refractivity contribution in [3.8, 4) is 0 Å². The second-order valence-corrected chi connectivity index (χ2v) is 4.89. The smallest absolute Gasteiger partial charge is 0.166 e. The summed E-state index contributed by atoms with van der Waals surface area (Å²) >= 11 is 3.38. The summed E-state index contributed by atoms with van der Waals surface area (Å²) in [5.74, 6) is 0. The number of benzene rings is 2. The van der Waals surface area contributed by atoms with Crippen molar-refractivity contribution >= 4 is 28.1 Å². The fraction of sp³-hybridized carbons (Fsp3) is 0.125. The van der Waals surface area contributed by atoms with Gasteiger partial charge < -0.3 is 0 Å². The van der Waals surface area contributed by atoms with Gasteiger partial charge in [0.15, 0.2) is 0 Å². The van der Waals surface area contributed by atoms with E-state index in [1.54, 1.807) is 6.08 Å². The lowest BCUT2D eigenvalue weighted by Crippen LogP contribution is -2.03. The summed E-state index contributed by atoms with van der Waals surface area (Å²) < 4.78 is 37.3. The zero-order chi connectivity index (χ0) is 14.6. The number of hydrogen-bond acceptors (Lipinski definition) is 0. The first-order chi connectivity index (χ1) is 9.49. The predicted molar refractivity (Wildman–Crippen MR) is 79.4 cm³/mol. The average molecular weight is 341 g/mol. The van der Waals surface area contributed by atoms with Crippen LogP contribution in [0.4, 0.5) is 13.2 Å². The largest absolute Gasteiger partial charge is 0.416 e. The summed E-state index contributed by atoms with van der Waals surface area (Å²) in [5, 5.41) is 0.773. The Balaban J connectivity index is 2.15. The Labute approximate surface area is 124 Å². The summed E-state index contributed by atoms with van der Waals surface area (Å²) in [4.78, 5) is 0.